The van der Waals surface area contributed by atoms with Gasteiger partial charge >= 0.3 is 0 Å². The summed E-state index contributed by atoms with van der Waals surface area (Å²) in [7, 11) is 0. The molecule has 3 rings (SSSR count). The van der Waals surface area contributed by atoms with Gasteiger partial charge in [-0.2, -0.15) is 0 Å². The first-order valence-corrected chi connectivity index (χ1v) is 9.37. The quantitative estimate of drug-likeness (QED) is 0.874. The first-order valence-electron chi connectivity index (χ1n) is 9.37. The third-order valence-electron chi connectivity index (χ3n) is 5.54. The lowest BCUT2D eigenvalue weighted by Crippen LogP contribution is -2.54. The Morgan fingerprint density at radius 1 is 1.17 bits per heavy atom. The first-order chi connectivity index (χ1) is 11.2. The Morgan fingerprint density at radius 2 is 2.00 bits per heavy atom. The smallest absolute Gasteiger partial charge is 0.118 e. The Bertz CT molecular complexity index is 468. The second kappa shape index (κ2) is 8.32. The predicted molar refractivity (Wildman–Crippen MR) is 92.4 cm³/mol. The lowest BCUT2D eigenvalue weighted by molar-refractivity contribution is 0.0373. The van der Waals surface area contributed by atoms with Crippen molar-refractivity contribution in [2.45, 2.75) is 58.0 Å². The molecule has 4 heteroatoms. The van der Waals surface area contributed by atoms with Crippen molar-refractivity contribution in [2.75, 3.05) is 32.8 Å². The van der Waals surface area contributed by atoms with Crippen LogP contribution in [0.25, 0.3) is 0 Å². The van der Waals surface area contributed by atoms with Gasteiger partial charge in [-0.3, -0.25) is 9.80 Å². The van der Waals surface area contributed by atoms with Gasteiger partial charge in [0, 0.05) is 38.8 Å². The molecule has 2 aliphatic rings. The van der Waals surface area contributed by atoms with E-state index in [-0.39, 0.29) is 0 Å². The van der Waals surface area contributed by atoms with E-state index in [1.54, 1.807) is 0 Å². The number of piperazine rings is 1. The van der Waals surface area contributed by atoms with Gasteiger partial charge in [-0.05, 0) is 44.2 Å². The first kappa shape index (κ1) is 17.0. The minimum Gasteiger partial charge on any atom is -0.465 e. The zero-order valence-corrected chi connectivity index (χ0v) is 14.5. The number of hydrogen-bond acceptors (Lipinski definition) is 4. The normalized spacial score (nSPS) is 25.0. The van der Waals surface area contributed by atoms with Gasteiger partial charge in [0.05, 0.1) is 6.54 Å². The monoisotopic (exact) mass is 320 g/mol. The van der Waals surface area contributed by atoms with Gasteiger partial charge in [0.15, 0.2) is 0 Å². The van der Waals surface area contributed by atoms with Crippen LogP contribution in [0.3, 0.4) is 0 Å². The summed E-state index contributed by atoms with van der Waals surface area (Å²) in [5.74, 6) is 2.93. The van der Waals surface area contributed by atoms with Gasteiger partial charge < -0.3 is 9.52 Å². The molecular formula is C19H32N2O2. The second-order valence-electron chi connectivity index (χ2n) is 7.41. The molecule has 0 bridgehead atoms. The van der Waals surface area contributed by atoms with Crippen LogP contribution in [-0.4, -0.2) is 53.7 Å². The van der Waals surface area contributed by atoms with Crippen LogP contribution in [-0.2, 0) is 6.54 Å². The summed E-state index contributed by atoms with van der Waals surface area (Å²) < 4.78 is 5.73. The van der Waals surface area contributed by atoms with Crippen LogP contribution in [0.5, 0.6) is 0 Å². The summed E-state index contributed by atoms with van der Waals surface area (Å²) in [6.07, 6.45) is 7.93. The molecular weight excluding hydrogens is 288 g/mol. The lowest BCUT2D eigenvalue weighted by Gasteiger charge is -2.43. The van der Waals surface area contributed by atoms with Crippen molar-refractivity contribution in [3.05, 3.63) is 23.7 Å². The van der Waals surface area contributed by atoms with Crippen molar-refractivity contribution in [2.24, 2.45) is 5.92 Å². The molecule has 1 saturated heterocycles. The SMILES string of the molecule is Cc1ccc(CN2CCN(CC3CCCCC3)[C@H](CCO)C2)o1. The molecule has 4 nitrogen and oxygen atoms in total. The van der Waals surface area contributed by atoms with Gasteiger partial charge in [0.25, 0.3) is 0 Å². The van der Waals surface area contributed by atoms with E-state index in [4.69, 9.17) is 4.42 Å². The van der Waals surface area contributed by atoms with Crippen molar-refractivity contribution in [1.29, 1.82) is 0 Å². The van der Waals surface area contributed by atoms with Gasteiger partial charge in [-0.1, -0.05) is 19.3 Å². The average Bonchev–Trinajstić information content (AvgIpc) is 2.96. The molecule has 2 fully saturated rings. The highest BCUT2D eigenvalue weighted by atomic mass is 16.3. The van der Waals surface area contributed by atoms with Crippen LogP contribution in [0, 0.1) is 12.8 Å². The molecule has 1 aliphatic carbocycles. The zero-order valence-electron chi connectivity index (χ0n) is 14.5. The minimum atomic E-state index is 0.291. The molecule has 1 aromatic heterocycles. The molecule has 0 radical (unpaired) electrons. The van der Waals surface area contributed by atoms with Crippen LogP contribution < -0.4 is 0 Å². The molecule has 1 aliphatic heterocycles. The molecule has 130 valence electrons. The fourth-order valence-corrected chi connectivity index (χ4v) is 4.26. The number of aliphatic hydroxyl groups excluding tert-OH is 1. The van der Waals surface area contributed by atoms with E-state index in [0.29, 0.717) is 12.6 Å². The van der Waals surface area contributed by atoms with E-state index in [1.165, 1.54) is 38.6 Å². The number of nitrogens with zero attached hydrogens (tertiary/aromatic N) is 2. The molecule has 0 spiro atoms. The van der Waals surface area contributed by atoms with Crippen molar-refractivity contribution in [1.82, 2.24) is 9.80 Å². The number of aliphatic hydroxyl groups is 1. The standard InChI is InChI=1S/C19H32N2O2/c1-16-7-8-19(23-16)15-20-10-11-21(18(14-20)9-12-22)13-17-5-3-2-4-6-17/h7-8,17-18,22H,2-6,9-15H2,1H3/t18-/m1/s1. The Kier molecular flexibility index (Phi) is 6.15. The van der Waals surface area contributed by atoms with E-state index in [9.17, 15) is 5.11 Å². The summed E-state index contributed by atoms with van der Waals surface area (Å²) in [5.41, 5.74) is 0. The molecule has 0 unspecified atom stereocenters. The molecule has 2 heterocycles. The summed E-state index contributed by atoms with van der Waals surface area (Å²) in [6.45, 7) is 7.70. The van der Waals surface area contributed by atoms with Gasteiger partial charge in [0.1, 0.15) is 11.5 Å². The topological polar surface area (TPSA) is 39.9 Å². The average molecular weight is 320 g/mol. The van der Waals surface area contributed by atoms with Crippen LogP contribution in [0.4, 0.5) is 0 Å². The predicted octanol–water partition coefficient (Wildman–Crippen LogP) is 3.04. The third-order valence-corrected chi connectivity index (χ3v) is 5.54. The van der Waals surface area contributed by atoms with Crippen molar-refractivity contribution in [3.8, 4) is 0 Å². The zero-order chi connectivity index (χ0) is 16.1. The van der Waals surface area contributed by atoms with Crippen LogP contribution in [0.2, 0.25) is 0 Å². The van der Waals surface area contributed by atoms with E-state index in [1.807, 2.05) is 13.0 Å². The van der Waals surface area contributed by atoms with E-state index < -0.39 is 0 Å². The highest BCUT2D eigenvalue weighted by molar-refractivity contribution is 5.05. The number of hydrogen-bond donors (Lipinski definition) is 1. The van der Waals surface area contributed by atoms with Crippen molar-refractivity contribution < 1.29 is 9.52 Å². The summed E-state index contributed by atoms with van der Waals surface area (Å²) in [4.78, 5) is 5.13. The molecule has 0 aromatic carbocycles. The van der Waals surface area contributed by atoms with E-state index >= 15 is 0 Å². The maximum absolute atomic E-state index is 9.46. The number of rotatable bonds is 6. The molecule has 1 N–H and O–H groups in total. The van der Waals surface area contributed by atoms with E-state index in [2.05, 4.69) is 15.9 Å². The van der Waals surface area contributed by atoms with E-state index in [0.717, 1.165) is 50.0 Å². The Balaban J connectivity index is 1.54. The fraction of sp³-hybridized carbons (Fsp3) is 0.789. The summed E-state index contributed by atoms with van der Waals surface area (Å²) in [5, 5.41) is 9.46. The van der Waals surface area contributed by atoms with Gasteiger partial charge in [-0.25, -0.2) is 0 Å². The minimum absolute atomic E-state index is 0.291. The lowest BCUT2D eigenvalue weighted by atomic mass is 9.88. The molecule has 0 amide bonds. The van der Waals surface area contributed by atoms with Crippen molar-refractivity contribution in [3.63, 3.8) is 0 Å². The van der Waals surface area contributed by atoms with Gasteiger partial charge in [-0.15, -0.1) is 0 Å². The number of furan rings is 1. The van der Waals surface area contributed by atoms with Crippen LogP contribution >= 0.6 is 0 Å². The molecule has 1 aromatic rings. The molecule has 23 heavy (non-hydrogen) atoms. The van der Waals surface area contributed by atoms with Gasteiger partial charge in [0.2, 0.25) is 0 Å². The Morgan fingerprint density at radius 3 is 2.70 bits per heavy atom. The fourth-order valence-electron chi connectivity index (χ4n) is 4.26. The van der Waals surface area contributed by atoms with Crippen molar-refractivity contribution >= 4 is 0 Å². The Hall–Kier alpha value is -0.840. The van der Waals surface area contributed by atoms with Crippen LogP contribution in [0.15, 0.2) is 16.5 Å². The highest BCUT2D eigenvalue weighted by Gasteiger charge is 2.29. The largest absolute Gasteiger partial charge is 0.465 e. The Labute approximate surface area is 140 Å². The maximum Gasteiger partial charge on any atom is 0.118 e. The number of aryl methyl sites for hydroxylation is 1. The molecule has 1 atom stereocenters. The van der Waals surface area contributed by atoms with Crippen LogP contribution in [0.1, 0.15) is 50.0 Å². The molecule has 1 saturated carbocycles. The highest BCUT2D eigenvalue weighted by Crippen LogP contribution is 2.26. The maximum atomic E-state index is 9.46. The second-order valence-corrected chi connectivity index (χ2v) is 7.41. The summed E-state index contributed by atoms with van der Waals surface area (Å²) in [6, 6.07) is 4.62. The summed E-state index contributed by atoms with van der Waals surface area (Å²) >= 11 is 0. The third kappa shape index (κ3) is 4.82.